The van der Waals surface area contributed by atoms with Crippen molar-refractivity contribution in [3.63, 3.8) is 0 Å². The van der Waals surface area contributed by atoms with Crippen LogP contribution in [0.5, 0.6) is 0 Å². The molecule has 0 radical (unpaired) electrons. The Hall–Kier alpha value is -1.16. The molecule has 1 N–H and O–H groups in total. The van der Waals surface area contributed by atoms with E-state index in [2.05, 4.69) is 4.98 Å². The van der Waals surface area contributed by atoms with Gasteiger partial charge in [-0.1, -0.05) is 0 Å². The van der Waals surface area contributed by atoms with Crippen LogP contribution in [0, 0.1) is 5.82 Å². The van der Waals surface area contributed by atoms with Crippen LogP contribution in [0.4, 0.5) is 10.2 Å². The number of aromatic nitrogens is 1. The molecule has 0 saturated carbocycles. The second-order valence-electron chi connectivity index (χ2n) is 3.70. The number of hydrogen-bond acceptors (Lipinski definition) is 3. The molecule has 0 aliphatic carbocycles. The highest BCUT2D eigenvalue weighted by Gasteiger charge is 2.29. The Morgan fingerprint density at radius 2 is 2.43 bits per heavy atom. The summed E-state index contributed by atoms with van der Waals surface area (Å²) in [6.45, 7) is 2.43. The van der Waals surface area contributed by atoms with E-state index in [4.69, 9.17) is 0 Å². The fraction of sp³-hybridized carbons (Fsp3) is 0.500. The summed E-state index contributed by atoms with van der Waals surface area (Å²) >= 11 is 0. The van der Waals surface area contributed by atoms with Crippen LogP contribution in [0.3, 0.4) is 0 Å². The number of rotatable bonds is 1. The van der Waals surface area contributed by atoms with Crippen molar-refractivity contribution in [2.75, 3.05) is 11.4 Å². The van der Waals surface area contributed by atoms with E-state index in [1.54, 1.807) is 17.2 Å². The molecule has 2 unspecified atom stereocenters. The van der Waals surface area contributed by atoms with E-state index in [0.29, 0.717) is 18.8 Å². The lowest BCUT2D eigenvalue weighted by molar-refractivity contribution is 0.195. The van der Waals surface area contributed by atoms with Crippen molar-refractivity contribution in [3.05, 3.63) is 24.1 Å². The van der Waals surface area contributed by atoms with Gasteiger partial charge in [0.25, 0.3) is 0 Å². The van der Waals surface area contributed by atoms with Gasteiger partial charge in [-0.15, -0.1) is 0 Å². The lowest BCUT2D eigenvalue weighted by Crippen LogP contribution is -2.29. The van der Waals surface area contributed by atoms with Crippen molar-refractivity contribution in [3.8, 4) is 0 Å². The van der Waals surface area contributed by atoms with Crippen LogP contribution < -0.4 is 4.90 Å². The third kappa shape index (κ3) is 1.57. The van der Waals surface area contributed by atoms with E-state index in [9.17, 15) is 9.50 Å². The van der Waals surface area contributed by atoms with Gasteiger partial charge in [0.15, 0.2) is 11.6 Å². The molecular weight excluding hydrogens is 183 g/mol. The molecule has 1 aromatic rings. The van der Waals surface area contributed by atoms with Crippen molar-refractivity contribution in [1.29, 1.82) is 0 Å². The summed E-state index contributed by atoms with van der Waals surface area (Å²) in [4.78, 5) is 5.79. The van der Waals surface area contributed by atoms with Gasteiger partial charge in [0.05, 0.1) is 6.10 Å². The third-order valence-electron chi connectivity index (χ3n) is 2.56. The van der Waals surface area contributed by atoms with E-state index < -0.39 is 0 Å². The fourth-order valence-corrected chi connectivity index (χ4v) is 1.89. The molecule has 0 spiro atoms. The highest BCUT2D eigenvalue weighted by atomic mass is 19.1. The molecule has 14 heavy (non-hydrogen) atoms. The number of nitrogens with zero attached hydrogens (tertiary/aromatic N) is 2. The summed E-state index contributed by atoms with van der Waals surface area (Å²) in [6, 6.07) is 3.10. The minimum absolute atomic E-state index is 0.148. The molecule has 76 valence electrons. The van der Waals surface area contributed by atoms with Crippen LogP contribution in [0.1, 0.15) is 13.3 Å². The molecule has 1 aromatic heterocycles. The summed E-state index contributed by atoms with van der Waals surface area (Å²) < 4.78 is 13.4. The Bertz CT molecular complexity index is 332. The van der Waals surface area contributed by atoms with Gasteiger partial charge < -0.3 is 10.0 Å². The van der Waals surface area contributed by atoms with E-state index in [0.717, 1.165) is 0 Å². The van der Waals surface area contributed by atoms with Crippen LogP contribution in [0.25, 0.3) is 0 Å². The van der Waals surface area contributed by atoms with Gasteiger partial charge in [0.2, 0.25) is 0 Å². The summed E-state index contributed by atoms with van der Waals surface area (Å²) in [5, 5.41) is 9.43. The van der Waals surface area contributed by atoms with Gasteiger partial charge >= 0.3 is 0 Å². The Balaban J connectivity index is 2.27. The Labute approximate surface area is 82.2 Å². The number of aliphatic hydroxyl groups excluding tert-OH is 1. The molecular formula is C10H13FN2O. The Kier molecular flexibility index (Phi) is 2.37. The highest BCUT2D eigenvalue weighted by molar-refractivity contribution is 5.42. The van der Waals surface area contributed by atoms with Gasteiger partial charge in [0.1, 0.15) is 0 Å². The molecule has 2 heterocycles. The molecule has 2 rings (SSSR count). The quantitative estimate of drug-likeness (QED) is 0.732. The van der Waals surface area contributed by atoms with Crippen molar-refractivity contribution >= 4 is 5.82 Å². The zero-order chi connectivity index (χ0) is 10.1. The first-order valence-electron chi connectivity index (χ1n) is 4.73. The van der Waals surface area contributed by atoms with Crippen LogP contribution >= 0.6 is 0 Å². The molecule has 1 saturated heterocycles. The second-order valence-corrected chi connectivity index (χ2v) is 3.70. The molecule has 0 aromatic carbocycles. The summed E-state index contributed by atoms with van der Waals surface area (Å²) in [6.07, 6.45) is 1.87. The number of hydrogen-bond donors (Lipinski definition) is 1. The predicted octanol–water partition coefficient (Wildman–Crippen LogP) is 1.18. The molecule has 1 fully saturated rings. The first-order valence-corrected chi connectivity index (χ1v) is 4.73. The normalized spacial score (nSPS) is 26.9. The van der Waals surface area contributed by atoms with Gasteiger partial charge in [-0.2, -0.15) is 0 Å². The maximum absolute atomic E-state index is 13.4. The topological polar surface area (TPSA) is 36.4 Å². The van der Waals surface area contributed by atoms with E-state index in [1.807, 2.05) is 6.92 Å². The van der Waals surface area contributed by atoms with Gasteiger partial charge in [-0.25, -0.2) is 9.37 Å². The molecule has 0 bridgehead atoms. The molecule has 4 heteroatoms. The minimum atomic E-state index is -0.369. The van der Waals surface area contributed by atoms with Crippen LogP contribution in [0.15, 0.2) is 18.3 Å². The van der Waals surface area contributed by atoms with E-state index >= 15 is 0 Å². The number of aliphatic hydroxyl groups is 1. The number of anilines is 1. The fourth-order valence-electron chi connectivity index (χ4n) is 1.89. The monoisotopic (exact) mass is 196 g/mol. The lowest BCUT2D eigenvalue weighted by atomic mass is 10.2. The largest absolute Gasteiger partial charge is 0.391 e. The maximum atomic E-state index is 13.4. The predicted molar refractivity (Wildman–Crippen MR) is 51.6 cm³/mol. The average molecular weight is 196 g/mol. The van der Waals surface area contributed by atoms with Crippen molar-refractivity contribution in [2.45, 2.75) is 25.5 Å². The SMILES string of the molecule is CC1CC(O)CN1c1ncccc1F. The minimum Gasteiger partial charge on any atom is -0.391 e. The van der Waals surface area contributed by atoms with Gasteiger partial charge in [-0.05, 0) is 25.5 Å². The molecule has 1 aliphatic heterocycles. The molecule has 2 atom stereocenters. The van der Waals surface area contributed by atoms with Gasteiger partial charge in [-0.3, -0.25) is 0 Å². The summed E-state index contributed by atoms with van der Waals surface area (Å²) in [7, 11) is 0. The summed E-state index contributed by atoms with van der Waals surface area (Å²) in [5.41, 5.74) is 0. The lowest BCUT2D eigenvalue weighted by Gasteiger charge is -2.22. The Morgan fingerprint density at radius 1 is 1.64 bits per heavy atom. The van der Waals surface area contributed by atoms with Crippen LogP contribution in [-0.2, 0) is 0 Å². The standard InChI is InChI=1S/C10H13FN2O/c1-7-5-8(14)6-13(7)10-9(11)3-2-4-12-10/h2-4,7-8,14H,5-6H2,1H3. The van der Waals surface area contributed by atoms with Crippen LogP contribution in [0.2, 0.25) is 0 Å². The highest BCUT2D eigenvalue weighted by Crippen LogP contribution is 2.25. The first-order chi connectivity index (χ1) is 6.68. The van der Waals surface area contributed by atoms with Crippen LogP contribution in [-0.4, -0.2) is 28.8 Å². The number of pyridine rings is 1. The molecule has 1 aliphatic rings. The molecule has 0 amide bonds. The van der Waals surface area contributed by atoms with E-state index in [1.165, 1.54) is 6.07 Å². The third-order valence-corrected chi connectivity index (χ3v) is 2.56. The zero-order valence-electron chi connectivity index (χ0n) is 8.02. The summed E-state index contributed by atoms with van der Waals surface area (Å²) in [5.74, 6) is 0.0185. The van der Waals surface area contributed by atoms with Gasteiger partial charge in [0, 0.05) is 18.8 Å². The maximum Gasteiger partial charge on any atom is 0.165 e. The van der Waals surface area contributed by atoms with Crippen molar-refractivity contribution in [1.82, 2.24) is 4.98 Å². The average Bonchev–Trinajstić information content (AvgIpc) is 2.46. The number of halogens is 1. The number of β-amino-alcohol motifs (C(OH)–C–C–N with tert-alkyl or cyclic N) is 1. The Morgan fingerprint density at radius 3 is 3.00 bits per heavy atom. The first kappa shape index (κ1) is 9.40. The second kappa shape index (κ2) is 3.53. The van der Waals surface area contributed by atoms with Crippen molar-refractivity contribution in [2.24, 2.45) is 0 Å². The zero-order valence-corrected chi connectivity index (χ0v) is 8.02. The smallest absolute Gasteiger partial charge is 0.165 e. The molecule has 3 nitrogen and oxygen atoms in total. The van der Waals surface area contributed by atoms with Crippen molar-refractivity contribution < 1.29 is 9.50 Å². The van der Waals surface area contributed by atoms with E-state index in [-0.39, 0.29) is 18.0 Å².